The Balaban J connectivity index is 2.16. The van der Waals surface area contributed by atoms with Gasteiger partial charge in [0.1, 0.15) is 5.75 Å². The summed E-state index contributed by atoms with van der Waals surface area (Å²) in [6.45, 7) is 1.80. The second-order valence-electron chi connectivity index (χ2n) is 5.16. The van der Waals surface area contributed by atoms with Gasteiger partial charge in [-0.15, -0.1) is 0 Å². The topological polar surface area (TPSA) is 69.6 Å². The lowest BCUT2D eigenvalue weighted by Crippen LogP contribution is -2.49. The van der Waals surface area contributed by atoms with Gasteiger partial charge in [-0.2, -0.15) is 0 Å². The normalized spacial score (nSPS) is 17.7. The van der Waals surface area contributed by atoms with Crippen molar-refractivity contribution >= 4 is 5.91 Å². The SMILES string of the molecule is Cc1cc(O)cc(C(=O)NC2(CO)CCCC2)c1. The van der Waals surface area contributed by atoms with E-state index >= 15 is 0 Å². The number of aromatic hydroxyl groups is 1. The van der Waals surface area contributed by atoms with Gasteiger partial charge >= 0.3 is 0 Å². The van der Waals surface area contributed by atoms with Gasteiger partial charge in [0, 0.05) is 5.56 Å². The Morgan fingerprint density at radius 2 is 2.00 bits per heavy atom. The first-order chi connectivity index (χ1) is 8.54. The van der Waals surface area contributed by atoms with Crippen LogP contribution < -0.4 is 5.32 Å². The zero-order valence-electron chi connectivity index (χ0n) is 10.6. The molecule has 3 N–H and O–H groups in total. The van der Waals surface area contributed by atoms with Crippen LogP contribution in [0.1, 0.15) is 41.6 Å². The van der Waals surface area contributed by atoms with Gasteiger partial charge in [-0.05, 0) is 43.5 Å². The molecule has 0 atom stereocenters. The number of benzene rings is 1. The molecule has 1 aromatic carbocycles. The van der Waals surface area contributed by atoms with Crippen LogP contribution in [0.3, 0.4) is 0 Å². The Labute approximate surface area is 107 Å². The second-order valence-corrected chi connectivity index (χ2v) is 5.16. The van der Waals surface area contributed by atoms with Gasteiger partial charge in [0.15, 0.2) is 0 Å². The lowest BCUT2D eigenvalue weighted by molar-refractivity contribution is 0.0838. The number of hydrogen-bond acceptors (Lipinski definition) is 3. The van der Waals surface area contributed by atoms with Crippen molar-refractivity contribution in [1.82, 2.24) is 5.32 Å². The highest BCUT2D eigenvalue weighted by Gasteiger charge is 2.34. The maximum atomic E-state index is 12.1. The maximum absolute atomic E-state index is 12.1. The predicted octanol–water partition coefficient (Wildman–Crippen LogP) is 1.74. The van der Waals surface area contributed by atoms with E-state index in [0.29, 0.717) is 5.56 Å². The van der Waals surface area contributed by atoms with Crippen LogP contribution in [0.4, 0.5) is 0 Å². The number of aryl methyl sites for hydroxylation is 1. The molecule has 1 aliphatic rings. The van der Waals surface area contributed by atoms with Crippen LogP contribution in [0.25, 0.3) is 0 Å². The maximum Gasteiger partial charge on any atom is 0.251 e. The van der Waals surface area contributed by atoms with E-state index in [4.69, 9.17) is 0 Å². The molecule has 1 fully saturated rings. The average Bonchev–Trinajstić information content (AvgIpc) is 2.77. The van der Waals surface area contributed by atoms with Crippen LogP contribution in [0.5, 0.6) is 5.75 Å². The van der Waals surface area contributed by atoms with Gasteiger partial charge in [0.2, 0.25) is 0 Å². The minimum Gasteiger partial charge on any atom is -0.508 e. The molecular weight excluding hydrogens is 230 g/mol. The van der Waals surface area contributed by atoms with Gasteiger partial charge in [-0.25, -0.2) is 0 Å². The molecule has 18 heavy (non-hydrogen) atoms. The molecule has 1 amide bonds. The third kappa shape index (κ3) is 2.64. The first-order valence-corrected chi connectivity index (χ1v) is 6.29. The number of aliphatic hydroxyl groups excluding tert-OH is 1. The van der Waals surface area contributed by atoms with Crippen molar-refractivity contribution in [3.63, 3.8) is 0 Å². The molecule has 1 aromatic rings. The van der Waals surface area contributed by atoms with E-state index in [9.17, 15) is 15.0 Å². The third-order valence-electron chi connectivity index (χ3n) is 3.57. The van der Waals surface area contributed by atoms with Crippen LogP contribution >= 0.6 is 0 Å². The van der Waals surface area contributed by atoms with E-state index in [1.54, 1.807) is 12.1 Å². The van der Waals surface area contributed by atoms with E-state index in [-0.39, 0.29) is 18.3 Å². The molecule has 0 saturated heterocycles. The van der Waals surface area contributed by atoms with Gasteiger partial charge < -0.3 is 15.5 Å². The van der Waals surface area contributed by atoms with Crippen molar-refractivity contribution in [1.29, 1.82) is 0 Å². The molecule has 0 aromatic heterocycles. The van der Waals surface area contributed by atoms with Crippen molar-refractivity contribution in [2.45, 2.75) is 38.1 Å². The molecule has 4 heteroatoms. The van der Waals surface area contributed by atoms with Crippen molar-refractivity contribution in [3.05, 3.63) is 29.3 Å². The highest BCUT2D eigenvalue weighted by Crippen LogP contribution is 2.29. The molecule has 0 radical (unpaired) electrons. The van der Waals surface area contributed by atoms with E-state index in [2.05, 4.69) is 5.32 Å². The molecule has 98 valence electrons. The Bertz CT molecular complexity index is 430. The third-order valence-corrected chi connectivity index (χ3v) is 3.57. The molecule has 2 rings (SSSR count). The summed E-state index contributed by atoms with van der Waals surface area (Å²) in [4.78, 5) is 12.1. The second kappa shape index (κ2) is 4.98. The van der Waals surface area contributed by atoms with Gasteiger partial charge in [0.25, 0.3) is 5.91 Å². The van der Waals surface area contributed by atoms with Crippen molar-refractivity contribution in [3.8, 4) is 5.75 Å². The Morgan fingerprint density at radius 1 is 1.33 bits per heavy atom. The number of nitrogens with one attached hydrogen (secondary N) is 1. The van der Waals surface area contributed by atoms with Crippen molar-refractivity contribution in [2.24, 2.45) is 0 Å². The number of hydrogen-bond donors (Lipinski definition) is 3. The molecule has 0 aliphatic heterocycles. The summed E-state index contributed by atoms with van der Waals surface area (Å²) in [6, 6.07) is 4.78. The highest BCUT2D eigenvalue weighted by molar-refractivity contribution is 5.95. The van der Waals surface area contributed by atoms with Crippen LogP contribution in [0, 0.1) is 6.92 Å². The van der Waals surface area contributed by atoms with Gasteiger partial charge in [-0.3, -0.25) is 4.79 Å². The Morgan fingerprint density at radius 3 is 2.56 bits per heavy atom. The molecular formula is C14H19NO3. The number of rotatable bonds is 3. The molecule has 4 nitrogen and oxygen atoms in total. The summed E-state index contributed by atoms with van der Waals surface area (Å²) in [6.07, 6.45) is 3.68. The minimum atomic E-state index is -0.476. The zero-order chi connectivity index (χ0) is 13.2. The van der Waals surface area contributed by atoms with E-state index < -0.39 is 5.54 Å². The van der Waals surface area contributed by atoms with E-state index in [1.165, 1.54) is 6.07 Å². The lowest BCUT2D eigenvalue weighted by atomic mass is 9.98. The van der Waals surface area contributed by atoms with E-state index in [1.807, 2.05) is 6.92 Å². The molecule has 0 unspecified atom stereocenters. The molecule has 0 bridgehead atoms. The predicted molar refractivity (Wildman–Crippen MR) is 68.6 cm³/mol. The number of carbonyl (C=O) groups is 1. The first kappa shape index (κ1) is 12.9. The van der Waals surface area contributed by atoms with Crippen LogP contribution in [0.2, 0.25) is 0 Å². The summed E-state index contributed by atoms with van der Waals surface area (Å²) in [5.41, 5.74) is 0.799. The molecule has 0 heterocycles. The number of amides is 1. The van der Waals surface area contributed by atoms with Crippen molar-refractivity contribution < 1.29 is 15.0 Å². The molecule has 1 saturated carbocycles. The summed E-state index contributed by atoms with van der Waals surface area (Å²) >= 11 is 0. The average molecular weight is 249 g/mol. The summed E-state index contributed by atoms with van der Waals surface area (Å²) in [5.74, 6) is -0.144. The molecule has 0 spiro atoms. The summed E-state index contributed by atoms with van der Waals surface area (Å²) < 4.78 is 0. The van der Waals surface area contributed by atoms with E-state index in [0.717, 1.165) is 31.2 Å². The lowest BCUT2D eigenvalue weighted by Gasteiger charge is -2.28. The largest absolute Gasteiger partial charge is 0.508 e. The van der Waals surface area contributed by atoms with Crippen LogP contribution in [-0.4, -0.2) is 28.3 Å². The fourth-order valence-electron chi connectivity index (χ4n) is 2.58. The number of aliphatic hydroxyl groups is 1. The first-order valence-electron chi connectivity index (χ1n) is 6.29. The fourth-order valence-corrected chi connectivity index (χ4v) is 2.58. The zero-order valence-corrected chi connectivity index (χ0v) is 10.6. The Hall–Kier alpha value is -1.55. The minimum absolute atomic E-state index is 0.0312. The number of carbonyl (C=O) groups excluding carboxylic acids is 1. The standard InChI is InChI=1S/C14H19NO3/c1-10-6-11(8-12(17)7-10)13(18)15-14(9-16)4-2-3-5-14/h6-8,16-17H,2-5,9H2,1H3,(H,15,18). The van der Waals surface area contributed by atoms with Crippen LogP contribution in [0.15, 0.2) is 18.2 Å². The Kier molecular flexibility index (Phi) is 3.57. The summed E-state index contributed by atoms with van der Waals surface area (Å²) in [5, 5.41) is 21.9. The quantitative estimate of drug-likeness (QED) is 0.764. The molecule has 1 aliphatic carbocycles. The van der Waals surface area contributed by atoms with Crippen LogP contribution in [-0.2, 0) is 0 Å². The van der Waals surface area contributed by atoms with Gasteiger partial charge in [-0.1, -0.05) is 12.8 Å². The monoisotopic (exact) mass is 249 g/mol. The van der Waals surface area contributed by atoms with Gasteiger partial charge in [0.05, 0.1) is 12.1 Å². The van der Waals surface area contributed by atoms with Crippen molar-refractivity contribution in [2.75, 3.05) is 6.61 Å². The smallest absolute Gasteiger partial charge is 0.251 e. The number of phenols is 1. The fraction of sp³-hybridized carbons (Fsp3) is 0.500. The summed E-state index contributed by atoms with van der Waals surface area (Å²) in [7, 11) is 0. The number of phenolic OH excluding ortho intramolecular Hbond substituents is 1. The highest BCUT2D eigenvalue weighted by atomic mass is 16.3.